The van der Waals surface area contributed by atoms with E-state index in [2.05, 4.69) is 68.1 Å². The van der Waals surface area contributed by atoms with Crippen LogP contribution in [-0.2, 0) is 7.05 Å². The Kier molecular flexibility index (Phi) is 3.61. The lowest BCUT2D eigenvalue weighted by molar-refractivity contribution is 0.857. The highest BCUT2D eigenvalue weighted by molar-refractivity contribution is 5.67. The van der Waals surface area contributed by atoms with Crippen molar-refractivity contribution in [3.8, 4) is 22.6 Å². The van der Waals surface area contributed by atoms with E-state index in [0.717, 1.165) is 17.1 Å². The molecule has 3 aromatic rings. The third-order valence-electron chi connectivity index (χ3n) is 3.77. The van der Waals surface area contributed by atoms with E-state index in [-0.39, 0.29) is 0 Å². The first-order valence-electron chi connectivity index (χ1n) is 7.35. The van der Waals surface area contributed by atoms with Crippen LogP contribution in [0.3, 0.4) is 0 Å². The molecule has 1 heterocycles. The van der Waals surface area contributed by atoms with Crippen molar-refractivity contribution in [2.45, 2.75) is 19.8 Å². The van der Waals surface area contributed by atoms with Gasteiger partial charge in [0.2, 0.25) is 0 Å². The maximum absolute atomic E-state index is 4.86. The molecule has 0 saturated carbocycles. The molecular weight excluding hydrogens is 256 g/mol. The standard InChI is InChI=1S/C19H20N2/c1-14(2)16-11-7-8-12-17(16)19-20-18(13-21(19)3)15-9-5-4-6-10-15/h4-14H,1-3H3. The van der Waals surface area contributed by atoms with E-state index in [1.165, 1.54) is 11.1 Å². The third-order valence-corrected chi connectivity index (χ3v) is 3.77. The lowest BCUT2D eigenvalue weighted by atomic mass is 9.97. The zero-order valence-corrected chi connectivity index (χ0v) is 12.7. The second kappa shape index (κ2) is 5.57. The lowest BCUT2D eigenvalue weighted by Crippen LogP contribution is -1.97. The molecule has 0 aliphatic rings. The minimum atomic E-state index is 0.484. The molecule has 0 N–H and O–H groups in total. The normalized spacial score (nSPS) is 11.0. The molecule has 0 aliphatic heterocycles. The van der Waals surface area contributed by atoms with Gasteiger partial charge in [-0.2, -0.15) is 0 Å². The molecule has 0 aliphatic carbocycles. The summed E-state index contributed by atoms with van der Waals surface area (Å²) in [5, 5.41) is 0. The second-order valence-corrected chi connectivity index (χ2v) is 5.67. The van der Waals surface area contributed by atoms with E-state index in [0.29, 0.717) is 5.92 Å². The van der Waals surface area contributed by atoms with Crippen molar-refractivity contribution in [3.63, 3.8) is 0 Å². The van der Waals surface area contributed by atoms with Crippen LogP contribution in [-0.4, -0.2) is 9.55 Å². The SMILES string of the molecule is CC(C)c1ccccc1-c1nc(-c2ccccc2)cn1C. The summed E-state index contributed by atoms with van der Waals surface area (Å²) in [4.78, 5) is 4.86. The van der Waals surface area contributed by atoms with Crippen molar-refractivity contribution < 1.29 is 0 Å². The number of imidazole rings is 1. The molecule has 0 unspecified atom stereocenters. The predicted molar refractivity (Wildman–Crippen MR) is 88.2 cm³/mol. The Bertz CT molecular complexity index is 739. The first-order chi connectivity index (χ1) is 10.2. The molecule has 3 rings (SSSR count). The Morgan fingerprint density at radius 2 is 1.57 bits per heavy atom. The summed E-state index contributed by atoms with van der Waals surface area (Å²) in [7, 11) is 2.06. The molecule has 2 heteroatoms. The van der Waals surface area contributed by atoms with E-state index in [1.807, 2.05) is 18.2 Å². The van der Waals surface area contributed by atoms with Crippen molar-refractivity contribution in [2.24, 2.45) is 7.05 Å². The smallest absolute Gasteiger partial charge is 0.140 e. The van der Waals surface area contributed by atoms with Gasteiger partial charge in [-0.3, -0.25) is 0 Å². The fraction of sp³-hybridized carbons (Fsp3) is 0.211. The molecule has 0 bridgehead atoms. The highest BCUT2D eigenvalue weighted by Crippen LogP contribution is 2.30. The van der Waals surface area contributed by atoms with Gasteiger partial charge in [-0.05, 0) is 11.5 Å². The minimum Gasteiger partial charge on any atom is -0.333 e. The second-order valence-electron chi connectivity index (χ2n) is 5.67. The van der Waals surface area contributed by atoms with E-state index in [1.54, 1.807) is 0 Å². The average molecular weight is 276 g/mol. The fourth-order valence-electron chi connectivity index (χ4n) is 2.67. The van der Waals surface area contributed by atoms with Crippen molar-refractivity contribution >= 4 is 0 Å². The summed E-state index contributed by atoms with van der Waals surface area (Å²) in [5.74, 6) is 1.51. The highest BCUT2D eigenvalue weighted by atomic mass is 15.0. The van der Waals surface area contributed by atoms with Crippen LogP contribution in [0.4, 0.5) is 0 Å². The molecule has 0 atom stereocenters. The van der Waals surface area contributed by atoms with Crippen molar-refractivity contribution in [3.05, 3.63) is 66.4 Å². The van der Waals surface area contributed by atoms with Crippen molar-refractivity contribution in [1.29, 1.82) is 0 Å². The third kappa shape index (κ3) is 2.62. The Labute approximate surface area is 126 Å². The molecule has 0 saturated heterocycles. The zero-order chi connectivity index (χ0) is 14.8. The molecule has 1 aromatic heterocycles. The van der Waals surface area contributed by atoms with Gasteiger partial charge in [0.05, 0.1) is 5.69 Å². The van der Waals surface area contributed by atoms with Crippen LogP contribution in [0.5, 0.6) is 0 Å². The topological polar surface area (TPSA) is 17.8 Å². The molecule has 2 aromatic carbocycles. The summed E-state index contributed by atoms with van der Waals surface area (Å²) in [5.41, 5.74) is 4.73. The molecular formula is C19H20N2. The molecule has 0 fully saturated rings. The van der Waals surface area contributed by atoms with E-state index in [4.69, 9.17) is 4.98 Å². The number of rotatable bonds is 3. The van der Waals surface area contributed by atoms with Crippen LogP contribution < -0.4 is 0 Å². The van der Waals surface area contributed by atoms with Gasteiger partial charge in [0.15, 0.2) is 0 Å². The van der Waals surface area contributed by atoms with Gasteiger partial charge in [0.25, 0.3) is 0 Å². The van der Waals surface area contributed by atoms with Crippen LogP contribution in [0.25, 0.3) is 22.6 Å². The van der Waals surface area contributed by atoms with Gasteiger partial charge in [0, 0.05) is 24.4 Å². The van der Waals surface area contributed by atoms with E-state index in [9.17, 15) is 0 Å². The summed E-state index contributed by atoms with van der Waals surface area (Å²) < 4.78 is 2.11. The Balaban J connectivity index is 2.11. The number of nitrogens with zero attached hydrogens (tertiary/aromatic N) is 2. The first-order valence-corrected chi connectivity index (χ1v) is 7.35. The van der Waals surface area contributed by atoms with Crippen LogP contribution in [0, 0.1) is 0 Å². The summed E-state index contributed by atoms with van der Waals surface area (Å²) >= 11 is 0. The summed E-state index contributed by atoms with van der Waals surface area (Å²) in [6.45, 7) is 4.44. The number of aromatic nitrogens is 2. The van der Waals surface area contributed by atoms with Gasteiger partial charge in [-0.1, -0.05) is 68.4 Å². The molecule has 106 valence electrons. The summed E-state index contributed by atoms with van der Waals surface area (Å²) in [6, 6.07) is 18.8. The number of benzene rings is 2. The monoisotopic (exact) mass is 276 g/mol. The van der Waals surface area contributed by atoms with Gasteiger partial charge >= 0.3 is 0 Å². The van der Waals surface area contributed by atoms with Crippen molar-refractivity contribution in [1.82, 2.24) is 9.55 Å². The van der Waals surface area contributed by atoms with Crippen LogP contribution in [0.15, 0.2) is 60.8 Å². The van der Waals surface area contributed by atoms with Gasteiger partial charge < -0.3 is 4.57 Å². The van der Waals surface area contributed by atoms with Crippen molar-refractivity contribution in [2.75, 3.05) is 0 Å². The van der Waals surface area contributed by atoms with Gasteiger partial charge in [-0.25, -0.2) is 4.98 Å². The quantitative estimate of drug-likeness (QED) is 0.667. The number of hydrogen-bond acceptors (Lipinski definition) is 1. The van der Waals surface area contributed by atoms with Gasteiger partial charge in [0.1, 0.15) is 5.82 Å². The average Bonchev–Trinajstić information content (AvgIpc) is 2.90. The van der Waals surface area contributed by atoms with Crippen LogP contribution in [0.1, 0.15) is 25.3 Å². The predicted octanol–water partition coefficient (Wildman–Crippen LogP) is 4.88. The van der Waals surface area contributed by atoms with E-state index < -0.39 is 0 Å². The number of hydrogen-bond donors (Lipinski definition) is 0. The highest BCUT2D eigenvalue weighted by Gasteiger charge is 2.14. The first kappa shape index (κ1) is 13.6. The lowest BCUT2D eigenvalue weighted by Gasteiger charge is -2.12. The Morgan fingerprint density at radius 3 is 2.29 bits per heavy atom. The summed E-state index contributed by atoms with van der Waals surface area (Å²) in [6.07, 6.45) is 2.10. The molecule has 21 heavy (non-hydrogen) atoms. The maximum atomic E-state index is 4.86. The maximum Gasteiger partial charge on any atom is 0.140 e. The molecule has 2 nitrogen and oxygen atoms in total. The fourth-order valence-corrected chi connectivity index (χ4v) is 2.67. The van der Waals surface area contributed by atoms with Gasteiger partial charge in [-0.15, -0.1) is 0 Å². The largest absolute Gasteiger partial charge is 0.333 e. The Hall–Kier alpha value is -2.35. The Morgan fingerprint density at radius 1 is 0.905 bits per heavy atom. The van der Waals surface area contributed by atoms with E-state index >= 15 is 0 Å². The molecule has 0 spiro atoms. The van der Waals surface area contributed by atoms with Crippen LogP contribution in [0.2, 0.25) is 0 Å². The molecule has 0 amide bonds. The molecule has 0 radical (unpaired) electrons. The van der Waals surface area contributed by atoms with Crippen LogP contribution >= 0.6 is 0 Å². The zero-order valence-electron chi connectivity index (χ0n) is 12.7. The number of aryl methyl sites for hydroxylation is 1. The minimum absolute atomic E-state index is 0.484.